The Morgan fingerprint density at radius 2 is 1.93 bits per heavy atom. The van der Waals surface area contributed by atoms with Gasteiger partial charge in [-0.1, -0.05) is 0 Å². The first-order valence-corrected chi connectivity index (χ1v) is 3.79. The second-order valence-corrected chi connectivity index (χ2v) is 2.82. The van der Waals surface area contributed by atoms with E-state index in [0.717, 1.165) is 6.07 Å². The molecular formula is C8H9F3N2O. The zero-order valence-electron chi connectivity index (χ0n) is 7.64. The Hall–Kier alpha value is -1.46. The molecule has 3 nitrogen and oxygen atoms in total. The van der Waals surface area contributed by atoms with Crippen LogP contribution < -0.4 is 10.5 Å². The second-order valence-electron chi connectivity index (χ2n) is 2.82. The molecule has 2 N–H and O–H groups in total. The van der Waals surface area contributed by atoms with Crippen molar-refractivity contribution in [1.29, 1.82) is 0 Å². The molecule has 1 aromatic rings. The maximum atomic E-state index is 11.8. The van der Waals surface area contributed by atoms with Crippen LogP contribution in [0.5, 0.6) is 5.88 Å². The van der Waals surface area contributed by atoms with E-state index in [4.69, 9.17) is 5.73 Å². The smallest absolute Gasteiger partial charge is 0.397 e. The van der Waals surface area contributed by atoms with Gasteiger partial charge in [0.25, 0.3) is 0 Å². The van der Waals surface area contributed by atoms with Crippen molar-refractivity contribution in [3.8, 4) is 5.88 Å². The zero-order chi connectivity index (χ0) is 10.9. The Bertz CT molecular complexity index is 326. The van der Waals surface area contributed by atoms with Crippen LogP contribution in [0.2, 0.25) is 0 Å². The predicted molar refractivity (Wildman–Crippen MR) is 44.8 cm³/mol. The lowest BCUT2D eigenvalue weighted by atomic mass is 10.2. The number of alkyl halides is 3. The van der Waals surface area contributed by atoms with Crippen LogP contribution in [0.25, 0.3) is 0 Å². The Morgan fingerprint density at radius 1 is 1.36 bits per heavy atom. The van der Waals surface area contributed by atoms with Crippen LogP contribution in [0, 0.1) is 13.8 Å². The Balaban J connectivity index is 3.02. The number of nitrogens with zero attached hydrogens (tertiary/aromatic N) is 1. The highest BCUT2D eigenvalue weighted by Crippen LogP contribution is 2.25. The van der Waals surface area contributed by atoms with Crippen molar-refractivity contribution >= 4 is 5.69 Å². The highest BCUT2D eigenvalue weighted by atomic mass is 19.4. The lowest BCUT2D eigenvalue weighted by Gasteiger charge is -2.10. The fourth-order valence-corrected chi connectivity index (χ4v) is 0.977. The van der Waals surface area contributed by atoms with E-state index in [1.807, 2.05) is 0 Å². The lowest BCUT2D eigenvalue weighted by molar-refractivity contribution is -0.276. The van der Waals surface area contributed by atoms with E-state index < -0.39 is 12.2 Å². The maximum absolute atomic E-state index is 11.8. The molecule has 0 saturated carbocycles. The average Bonchev–Trinajstić information content (AvgIpc) is 1.96. The molecule has 78 valence electrons. The van der Waals surface area contributed by atoms with E-state index in [0.29, 0.717) is 16.9 Å². The van der Waals surface area contributed by atoms with Crippen molar-refractivity contribution in [2.75, 3.05) is 5.73 Å². The fourth-order valence-electron chi connectivity index (χ4n) is 0.977. The van der Waals surface area contributed by atoms with Gasteiger partial charge in [0.2, 0.25) is 5.88 Å². The molecule has 0 aliphatic heterocycles. The first-order chi connectivity index (χ1) is 6.29. The van der Waals surface area contributed by atoms with E-state index in [1.165, 1.54) is 6.92 Å². The maximum Gasteiger partial charge on any atom is 0.574 e. The summed E-state index contributed by atoms with van der Waals surface area (Å²) in [7, 11) is 0. The van der Waals surface area contributed by atoms with Gasteiger partial charge in [-0.15, -0.1) is 13.2 Å². The van der Waals surface area contributed by atoms with Crippen LogP contribution in [0.15, 0.2) is 6.07 Å². The van der Waals surface area contributed by atoms with Gasteiger partial charge in [-0.05, 0) is 19.4 Å². The third-order valence-electron chi connectivity index (χ3n) is 1.65. The van der Waals surface area contributed by atoms with E-state index in [-0.39, 0.29) is 0 Å². The van der Waals surface area contributed by atoms with Crippen LogP contribution in [0.4, 0.5) is 18.9 Å². The summed E-state index contributed by atoms with van der Waals surface area (Å²) in [4.78, 5) is 3.55. The molecule has 0 spiro atoms. The van der Waals surface area contributed by atoms with Crippen molar-refractivity contribution in [2.45, 2.75) is 20.2 Å². The molecule has 0 atom stereocenters. The van der Waals surface area contributed by atoms with E-state index in [9.17, 15) is 13.2 Å². The number of aromatic nitrogens is 1. The minimum atomic E-state index is -4.72. The van der Waals surface area contributed by atoms with Crippen molar-refractivity contribution in [1.82, 2.24) is 4.98 Å². The molecule has 0 unspecified atom stereocenters. The van der Waals surface area contributed by atoms with Gasteiger partial charge < -0.3 is 10.5 Å². The van der Waals surface area contributed by atoms with Crippen LogP contribution in [-0.2, 0) is 0 Å². The van der Waals surface area contributed by atoms with E-state index in [2.05, 4.69) is 9.72 Å². The summed E-state index contributed by atoms with van der Waals surface area (Å²) in [5.74, 6) is -0.485. The van der Waals surface area contributed by atoms with Gasteiger partial charge in [-0.25, -0.2) is 4.98 Å². The van der Waals surface area contributed by atoms with Gasteiger partial charge in [0.15, 0.2) is 0 Å². The van der Waals surface area contributed by atoms with Crippen molar-refractivity contribution in [3.63, 3.8) is 0 Å². The molecule has 0 bridgehead atoms. The molecule has 0 saturated heterocycles. The number of aryl methyl sites for hydroxylation is 2. The van der Waals surface area contributed by atoms with Gasteiger partial charge in [0.1, 0.15) is 0 Å². The Labute approximate surface area is 78.7 Å². The standard InChI is InChI=1S/C8H9F3N2O/c1-4-3-6(14-8(9,10)11)13-5(2)7(4)12/h3H,12H2,1-2H3. The van der Waals surface area contributed by atoms with E-state index >= 15 is 0 Å². The van der Waals surface area contributed by atoms with Crippen LogP contribution in [0.1, 0.15) is 11.3 Å². The third kappa shape index (κ3) is 2.51. The molecule has 0 amide bonds. The topological polar surface area (TPSA) is 48.1 Å². The first kappa shape index (κ1) is 10.6. The summed E-state index contributed by atoms with van der Waals surface area (Å²) in [5.41, 5.74) is 6.72. The summed E-state index contributed by atoms with van der Waals surface area (Å²) in [6, 6.07) is 1.15. The molecule has 0 aromatic carbocycles. The molecule has 6 heteroatoms. The fraction of sp³-hybridized carbons (Fsp3) is 0.375. The second kappa shape index (κ2) is 3.36. The number of ether oxygens (including phenoxy) is 1. The molecule has 1 rings (SSSR count). The highest BCUT2D eigenvalue weighted by Gasteiger charge is 2.32. The largest absolute Gasteiger partial charge is 0.574 e. The minimum absolute atomic E-state index is 0.323. The van der Waals surface area contributed by atoms with E-state index in [1.54, 1.807) is 6.92 Å². The van der Waals surface area contributed by atoms with Gasteiger partial charge in [-0.2, -0.15) is 0 Å². The molecule has 1 aromatic heterocycles. The summed E-state index contributed by atoms with van der Waals surface area (Å²) in [6.07, 6.45) is -4.72. The quantitative estimate of drug-likeness (QED) is 0.766. The van der Waals surface area contributed by atoms with Crippen molar-refractivity contribution in [3.05, 3.63) is 17.3 Å². The molecule has 14 heavy (non-hydrogen) atoms. The van der Waals surface area contributed by atoms with Gasteiger partial charge in [-0.3, -0.25) is 0 Å². The van der Waals surface area contributed by atoms with Crippen molar-refractivity contribution < 1.29 is 17.9 Å². The summed E-state index contributed by atoms with van der Waals surface area (Å²) >= 11 is 0. The summed E-state index contributed by atoms with van der Waals surface area (Å²) in [5, 5.41) is 0. The monoisotopic (exact) mass is 206 g/mol. The van der Waals surface area contributed by atoms with Gasteiger partial charge >= 0.3 is 6.36 Å². The molecule has 1 heterocycles. The lowest BCUT2D eigenvalue weighted by Crippen LogP contribution is -2.18. The predicted octanol–water partition coefficient (Wildman–Crippen LogP) is 2.18. The van der Waals surface area contributed by atoms with Gasteiger partial charge in [0, 0.05) is 6.07 Å². The summed E-state index contributed by atoms with van der Waals surface area (Å²) in [6.45, 7) is 3.11. The molecule has 0 fully saturated rings. The molecular weight excluding hydrogens is 197 g/mol. The number of nitrogen functional groups attached to an aromatic ring is 1. The number of pyridine rings is 1. The number of rotatable bonds is 1. The zero-order valence-corrected chi connectivity index (χ0v) is 7.64. The average molecular weight is 206 g/mol. The third-order valence-corrected chi connectivity index (χ3v) is 1.65. The minimum Gasteiger partial charge on any atom is -0.397 e. The number of anilines is 1. The highest BCUT2D eigenvalue weighted by molar-refractivity contribution is 5.51. The Morgan fingerprint density at radius 3 is 2.36 bits per heavy atom. The van der Waals surface area contributed by atoms with Crippen LogP contribution >= 0.6 is 0 Å². The van der Waals surface area contributed by atoms with Crippen LogP contribution in [0.3, 0.4) is 0 Å². The number of hydrogen-bond donors (Lipinski definition) is 1. The SMILES string of the molecule is Cc1cc(OC(F)(F)F)nc(C)c1N. The molecule has 0 aliphatic carbocycles. The summed E-state index contributed by atoms with van der Waals surface area (Å²) < 4.78 is 39.1. The number of halogens is 3. The van der Waals surface area contributed by atoms with Gasteiger partial charge in [0.05, 0.1) is 11.4 Å². The molecule has 0 aliphatic rings. The molecule has 0 radical (unpaired) electrons. The number of nitrogens with two attached hydrogens (primary N) is 1. The first-order valence-electron chi connectivity index (χ1n) is 3.79. The Kier molecular flexibility index (Phi) is 2.55. The number of hydrogen-bond acceptors (Lipinski definition) is 3. The van der Waals surface area contributed by atoms with Crippen molar-refractivity contribution in [2.24, 2.45) is 0 Å². The normalized spacial score (nSPS) is 11.5. The van der Waals surface area contributed by atoms with Crippen LogP contribution in [-0.4, -0.2) is 11.3 Å².